The minimum absolute atomic E-state index is 0.176. The highest BCUT2D eigenvalue weighted by Crippen LogP contribution is 2.22. The van der Waals surface area contributed by atoms with Gasteiger partial charge in [0.05, 0.1) is 24.7 Å². The van der Waals surface area contributed by atoms with Gasteiger partial charge in [0.2, 0.25) is 0 Å². The van der Waals surface area contributed by atoms with Crippen molar-refractivity contribution in [3.63, 3.8) is 0 Å². The Labute approximate surface area is 173 Å². The van der Waals surface area contributed by atoms with Gasteiger partial charge < -0.3 is 9.72 Å². The zero-order valence-corrected chi connectivity index (χ0v) is 17.4. The minimum atomic E-state index is -0.559. The molecule has 4 rings (SSSR count). The Kier molecular flexibility index (Phi) is 5.16. The van der Waals surface area contributed by atoms with Crippen molar-refractivity contribution in [2.24, 2.45) is 7.05 Å². The molecule has 0 aromatic carbocycles. The van der Waals surface area contributed by atoms with E-state index in [0.717, 1.165) is 0 Å². The Morgan fingerprint density at radius 2 is 2.03 bits per heavy atom. The average Bonchev–Trinajstić information content (AvgIpc) is 3.30. The summed E-state index contributed by atoms with van der Waals surface area (Å²) in [6.07, 6.45) is 2.91. The quantitative estimate of drug-likeness (QED) is 0.273. The van der Waals surface area contributed by atoms with E-state index in [-0.39, 0.29) is 28.9 Å². The number of fused-ring (bicyclic) bond motifs is 2. The number of hydrogen-bond acceptors (Lipinski definition) is 8. The van der Waals surface area contributed by atoms with E-state index in [2.05, 4.69) is 20.2 Å². The zero-order chi connectivity index (χ0) is 21.4. The fraction of sp³-hybridized carbons (Fsp3) is 0.333. The van der Waals surface area contributed by atoms with Crippen LogP contribution < -0.4 is 11.1 Å². The molecule has 0 saturated heterocycles. The lowest BCUT2D eigenvalue weighted by Crippen LogP contribution is -2.24. The highest BCUT2D eigenvalue weighted by molar-refractivity contribution is 7.98. The van der Waals surface area contributed by atoms with Gasteiger partial charge in [-0.1, -0.05) is 11.8 Å². The molecule has 0 atom stereocenters. The van der Waals surface area contributed by atoms with Crippen molar-refractivity contribution in [2.45, 2.75) is 31.3 Å². The van der Waals surface area contributed by atoms with Crippen molar-refractivity contribution in [2.75, 3.05) is 6.61 Å². The molecule has 12 heteroatoms. The Morgan fingerprint density at radius 1 is 1.23 bits per heavy atom. The molecule has 11 nitrogen and oxygen atoms in total. The Bertz CT molecular complexity index is 1380. The van der Waals surface area contributed by atoms with Crippen LogP contribution in [-0.4, -0.2) is 46.5 Å². The number of carbonyl (C=O) groups excluding carboxylic acids is 1. The van der Waals surface area contributed by atoms with Gasteiger partial charge in [-0.05, 0) is 13.8 Å². The molecular weight excluding hydrogens is 410 g/mol. The molecule has 0 aliphatic heterocycles. The van der Waals surface area contributed by atoms with E-state index in [1.165, 1.54) is 33.2 Å². The molecule has 0 spiro atoms. The minimum Gasteiger partial charge on any atom is -0.462 e. The molecule has 1 N–H and O–H groups in total. The molecule has 0 amide bonds. The molecule has 156 valence electrons. The van der Waals surface area contributed by atoms with E-state index in [4.69, 9.17) is 4.74 Å². The Balaban J connectivity index is 1.73. The fourth-order valence-corrected chi connectivity index (χ4v) is 4.19. The predicted octanol–water partition coefficient (Wildman–Crippen LogP) is 0.955. The second-order valence-corrected chi connectivity index (χ2v) is 7.34. The maximum Gasteiger partial charge on any atom is 0.343 e. The highest BCUT2D eigenvalue weighted by Gasteiger charge is 2.18. The first-order valence-corrected chi connectivity index (χ1v) is 10.3. The third-order valence-electron chi connectivity index (χ3n) is 4.56. The maximum absolute atomic E-state index is 12.8. The van der Waals surface area contributed by atoms with Gasteiger partial charge in [-0.3, -0.25) is 18.8 Å². The standard InChI is InChI=1S/C18H19N7O4S/c1-4-24-16(27)14-12(8-19-23(14)3)21-18(24)30-9-10-6-13(26)22-15-11(7-20-25(10)15)17(28)29-5-2/h6-8H,4-5,9H2,1-3H3,(H,22,26). The number of aromatic nitrogens is 7. The van der Waals surface area contributed by atoms with Crippen LogP contribution in [0.25, 0.3) is 16.7 Å². The van der Waals surface area contributed by atoms with Crippen molar-refractivity contribution in [1.82, 2.24) is 33.9 Å². The van der Waals surface area contributed by atoms with Crippen LogP contribution in [0.2, 0.25) is 0 Å². The van der Waals surface area contributed by atoms with Gasteiger partial charge in [0.15, 0.2) is 16.3 Å². The summed E-state index contributed by atoms with van der Waals surface area (Å²) in [5, 5.41) is 8.83. The number of hydrogen-bond donors (Lipinski definition) is 1. The fourth-order valence-electron chi connectivity index (χ4n) is 3.17. The van der Waals surface area contributed by atoms with Crippen LogP contribution in [0.1, 0.15) is 29.9 Å². The first-order chi connectivity index (χ1) is 14.4. The largest absolute Gasteiger partial charge is 0.462 e. The first kappa shape index (κ1) is 19.9. The summed E-state index contributed by atoms with van der Waals surface area (Å²) < 4.78 is 9.57. The van der Waals surface area contributed by atoms with Crippen LogP contribution >= 0.6 is 11.8 Å². The number of esters is 1. The molecule has 4 heterocycles. The molecule has 0 radical (unpaired) electrons. The molecule has 0 aliphatic carbocycles. The highest BCUT2D eigenvalue weighted by atomic mass is 32.2. The van der Waals surface area contributed by atoms with Crippen LogP contribution in [0.4, 0.5) is 0 Å². The number of nitrogens with zero attached hydrogens (tertiary/aromatic N) is 6. The number of ether oxygens (including phenoxy) is 1. The van der Waals surface area contributed by atoms with Gasteiger partial charge >= 0.3 is 5.97 Å². The smallest absolute Gasteiger partial charge is 0.343 e. The normalized spacial score (nSPS) is 11.4. The number of H-pyrrole nitrogens is 1. The summed E-state index contributed by atoms with van der Waals surface area (Å²) in [6, 6.07) is 1.40. The summed E-state index contributed by atoms with van der Waals surface area (Å²) in [5.41, 5.74) is 1.40. The lowest BCUT2D eigenvalue weighted by Gasteiger charge is -2.10. The van der Waals surface area contributed by atoms with Crippen LogP contribution in [0.3, 0.4) is 0 Å². The van der Waals surface area contributed by atoms with E-state index in [9.17, 15) is 14.4 Å². The van der Waals surface area contributed by atoms with E-state index in [0.29, 0.717) is 34.2 Å². The molecule has 0 fully saturated rings. The summed E-state index contributed by atoms with van der Waals surface area (Å²) in [6.45, 7) is 4.22. The second kappa shape index (κ2) is 7.78. The number of carbonyl (C=O) groups is 1. The molecule has 0 saturated carbocycles. The van der Waals surface area contributed by atoms with Crippen molar-refractivity contribution in [3.8, 4) is 0 Å². The zero-order valence-electron chi connectivity index (χ0n) is 16.6. The second-order valence-electron chi connectivity index (χ2n) is 6.40. The lowest BCUT2D eigenvalue weighted by molar-refractivity contribution is 0.0528. The topological polar surface area (TPSA) is 129 Å². The average molecular weight is 429 g/mol. The van der Waals surface area contributed by atoms with Gasteiger partial charge in [-0.25, -0.2) is 14.3 Å². The van der Waals surface area contributed by atoms with Crippen LogP contribution in [-0.2, 0) is 24.1 Å². The monoisotopic (exact) mass is 429 g/mol. The van der Waals surface area contributed by atoms with Gasteiger partial charge in [-0.2, -0.15) is 10.2 Å². The summed E-state index contributed by atoms with van der Waals surface area (Å²) >= 11 is 1.30. The van der Waals surface area contributed by atoms with E-state index in [1.807, 2.05) is 6.92 Å². The SMILES string of the molecule is CCOC(=O)c1cnn2c(CSc3nc4cnn(C)c4c(=O)n3CC)cc(=O)[nH]c12. The predicted molar refractivity (Wildman–Crippen MR) is 110 cm³/mol. The third kappa shape index (κ3) is 3.28. The van der Waals surface area contributed by atoms with Crippen molar-refractivity contribution >= 4 is 34.4 Å². The van der Waals surface area contributed by atoms with E-state index < -0.39 is 5.97 Å². The van der Waals surface area contributed by atoms with Gasteiger partial charge in [-0.15, -0.1) is 0 Å². The Morgan fingerprint density at radius 3 is 2.77 bits per heavy atom. The molecule has 4 aromatic rings. The molecular formula is C18H19N7O4S. The summed E-state index contributed by atoms with van der Waals surface area (Å²) in [7, 11) is 1.70. The number of aromatic amines is 1. The van der Waals surface area contributed by atoms with Crippen molar-refractivity contribution in [3.05, 3.63) is 50.4 Å². The number of nitrogens with one attached hydrogen (secondary N) is 1. The number of aryl methyl sites for hydroxylation is 1. The van der Waals surface area contributed by atoms with Gasteiger partial charge in [0, 0.05) is 25.4 Å². The van der Waals surface area contributed by atoms with Gasteiger partial charge in [0.25, 0.3) is 11.1 Å². The third-order valence-corrected chi connectivity index (χ3v) is 5.57. The van der Waals surface area contributed by atoms with E-state index >= 15 is 0 Å². The van der Waals surface area contributed by atoms with E-state index in [1.54, 1.807) is 24.7 Å². The maximum atomic E-state index is 12.8. The van der Waals surface area contributed by atoms with Crippen molar-refractivity contribution < 1.29 is 9.53 Å². The molecule has 4 aromatic heterocycles. The van der Waals surface area contributed by atoms with Crippen LogP contribution in [0.15, 0.2) is 33.2 Å². The van der Waals surface area contributed by atoms with Crippen molar-refractivity contribution in [1.29, 1.82) is 0 Å². The number of thioether (sulfide) groups is 1. The molecule has 0 bridgehead atoms. The first-order valence-electron chi connectivity index (χ1n) is 9.27. The van der Waals surface area contributed by atoms with Crippen LogP contribution in [0, 0.1) is 0 Å². The lowest BCUT2D eigenvalue weighted by atomic mass is 10.3. The molecule has 30 heavy (non-hydrogen) atoms. The summed E-state index contributed by atoms with van der Waals surface area (Å²) in [4.78, 5) is 44.3. The number of rotatable bonds is 6. The molecule has 0 unspecified atom stereocenters. The summed E-state index contributed by atoms with van der Waals surface area (Å²) in [5.74, 6) is -0.251. The molecule has 0 aliphatic rings. The Hall–Kier alpha value is -3.41. The van der Waals surface area contributed by atoms with Crippen LogP contribution in [0.5, 0.6) is 0 Å². The van der Waals surface area contributed by atoms with Gasteiger partial charge in [0.1, 0.15) is 11.1 Å².